The number of rotatable bonds is 1. The molecule has 0 atom stereocenters. The van der Waals surface area contributed by atoms with Crippen molar-refractivity contribution in [1.82, 2.24) is 4.90 Å². The van der Waals surface area contributed by atoms with E-state index < -0.39 is 5.41 Å². The number of benzene rings is 2. The van der Waals surface area contributed by atoms with E-state index in [0.29, 0.717) is 21.4 Å². The molecule has 26 heavy (non-hydrogen) atoms. The SMILES string of the molecule is CSc1ccc2c(c1)Oc1cc(Cl)c(Cl)cc1C(=O)C21CCN(C)CC1. The number of likely N-dealkylation sites (tertiary alicyclic amines) is 1. The molecule has 2 aliphatic heterocycles. The van der Waals surface area contributed by atoms with E-state index in [-0.39, 0.29) is 5.78 Å². The smallest absolute Gasteiger partial charge is 0.177 e. The molecule has 0 amide bonds. The highest BCUT2D eigenvalue weighted by Crippen LogP contribution is 2.49. The Labute approximate surface area is 167 Å². The number of hydrogen-bond acceptors (Lipinski definition) is 4. The van der Waals surface area contributed by atoms with Crippen LogP contribution in [0.5, 0.6) is 11.5 Å². The molecule has 0 saturated carbocycles. The maximum Gasteiger partial charge on any atom is 0.177 e. The molecule has 0 aromatic heterocycles. The molecule has 0 radical (unpaired) electrons. The number of carbonyl (C=O) groups is 1. The lowest BCUT2D eigenvalue weighted by molar-refractivity contribution is 0.0796. The molecule has 3 nitrogen and oxygen atoms in total. The third-order valence-corrected chi connectivity index (χ3v) is 6.91. The molecule has 2 aromatic carbocycles. The third kappa shape index (κ3) is 2.84. The lowest BCUT2D eigenvalue weighted by Crippen LogP contribution is -2.45. The van der Waals surface area contributed by atoms with Crippen LogP contribution in [0.1, 0.15) is 28.8 Å². The molecule has 1 fully saturated rings. The van der Waals surface area contributed by atoms with E-state index in [1.54, 1.807) is 23.9 Å². The van der Waals surface area contributed by atoms with Crippen LogP contribution < -0.4 is 4.74 Å². The zero-order chi connectivity index (χ0) is 18.5. The fourth-order valence-corrected chi connectivity index (χ4v) is 4.64. The van der Waals surface area contributed by atoms with Gasteiger partial charge < -0.3 is 9.64 Å². The first-order valence-corrected chi connectivity index (χ1v) is 10.5. The molecule has 6 heteroatoms. The number of carbonyl (C=O) groups excluding carboxylic acids is 1. The molecule has 2 aliphatic rings. The van der Waals surface area contributed by atoms with Crippen LogP contribution in [0.15, 0.2) is 35.2 Å². The highest BCUT2D eigenvalue weighted by atomic mass is 35.5. The largest absolute Gasteiger partial charge is 0.456 e. The lowest BCUT2D eigenvalue weighted by Gasteiger charge is -2.39. The molecular weight excluding hydrogens is 389 g/mol. The van der Waals surface area contributed by atoms with Crippen LogP contribution in [0.3, 0.4) is 0 Å². The Balaban J connectivity index is 1.96. The summed E-state index contributed by atoms with van der Waals surface area (Å²) in [6.07, 6.45) is 3.55. The summed E-state index contributed by atoms with van der Waals surface area (Å²) in [4.78, 5) is 17.1. The van der Waals surface area contributed by atoms with Crippen molar-refractivity contribution in [2.45, 2.75) is 23.2 Å². The van der Waals surface area contributed by atoms with Crippen LogP contribution in [0.4, 0.5) is 0 Å². The molecule has 136 valence electrons. The van der Waals surface area contributed by atoms with Crippen molar-refractivity contribution in [3.63, 3.8) is 0 Å². The second kappa shape index (κ2) is 6.75. The molecule has 0 aliphatic carbocycles. The van der Waals surface area contributed by atoms with Crippen LogP contribution in [0, 0.1) is 0 Å². The number of fused-ring (bicyclic) bond motifs is 3. The monoisotopic (exact) mass is 407 g/mol. The van der Waals surface area contributed by atoms with Crippen LogP contribution in [-0.4, -0.2) is 37.1 Å². The van der Waals surface area contributed by atoms with Gasteiger partial charge >= 0.3 is 0 Å². The normalized spacial score (nSPS) is 18.8. The highest BCUT2D eigenvalue weighted by molar-refractivity contribution is 7.98. The summed E-state index contributed by atoms with van der Waals surface area (Å²) in [6, 6.07) is 9.45. The molecule has 4 rings (SSSR count). The summed E-state index contributed by atoms with van der Waals surface area (Å²) in [7, 11) is 2.09. The Kier molecular flexibility index (Phi) is 4.72. The number of thioether (sulfide) groups is 1. The van der Waals surface area contributed by atoms with Crippen molar-refractivity contribution < 1.29 is 9.53 Å². The predicted octanol–water partition coefficient (Wildman–Crippen LogP) is 5.67. The number of nitrogens with zero attached hydrogens (tertiary/aromatic N) is 1. The minimum atomic E-state index is -0.582. The number of hydrogen-bond donors (Lipinski definition) is 0. The Morgan fingerprint density at radius 1 is 1.08 bits per heavy atom. The minimum absolute atomic E-state index is 0.0785. The number of halogens is 2. The summed E-state index contributed by atoms with van der Waals surface area (Å²) in [5.74, 6) is 1.31. The standard InChI is InChI=1S/C20H19Cl2NO2S/c1-23-7-5-20(6-8-23)14-4-3-12(26-2)9-18(14)25-17-11-16(22)15(21)10-13(17)19(20)24/h3-4,9-11H,5-8H2,1-2H3. The van der Waals surface area contributed by atoms with Crippen LogP contribution >= 0.6 is 35.0 Å². The topological polar surface area (TPSA) is 29.5 Å². The van der Waals surface area contributed by atoms with E-state index in [1.165, 1.54) is 0 Å². The van der Waals surface area contributed by atoms with Gasteiger partial charge in [0.2, 0.25) is 0 Å². The Bertz CT molecular complexity index is 892. The maximum absolute atomic E-state index is 13.7. The number of Topliss-reactive ketones (excluding diaryl/α,β-unsaturated/α-hetero) is 1. The van der Waals surface area contributed by atoms with Crippen LogP contribution in [-0.2, 0) is 5.41 Å². The van der Waals surface area contributed by atoms with Gasteiger partial charge in [0, 0.05) is 16.5 Å². The van der Waals surface area contributed by atoms with Gasteiger partial charge in [-0.2, -0.15) is 0 Å². The van der Waals surface area contributed by atoms with Gasteiger partial charge in [0.25, 0.3) is 0 Å². The van der Waals surface area contributed by atoms with Crippen molar-refractivity contribution in [3.05, 3.63) is 51.5 Å². The second-order valence-corrected chi connectivity index (χ2v) is 8.64. The van der Waals surface area contributed by atoms with Gasteiger partial charge in [0.1, 0.15) is 11.5 Å². The predicted molar refractivity (Wildman–Crippen MR) is 107 cm³/mol. The van der Waals surface area contributed by atoms with Gasteiger partial charge in [-0.25, -0.2) is 0 Å². The van der Waals surface area contributed by atoms with Crippen molar-refractivity contribution in [1.29, 1.82) is 0 Å². The molecule has 0 unspecified atom stereocenters. The quantitative estimate of drug-likeness (QED) is 0.569. The van der Waals surface area contributed by atoms with Crippen LogP contribution in [0.2, 0.25) is 10.0 Å². The van der Waals surface area contributed by atoms with Crippen molar-refractivity contribution in [2.24, 2.45) is 0 Å². The summed E-state index contributed by atoms with van der Waals surface area (Å²) in [5.41, 5.74) is 0.906. The summed E-state index contributed by atoms with van der Waals surface area (Å²) in [6.45, 7) is 1.73. The first-order chi connectivity index (χ1) is 12.4. The molecule has 2 aromatic rings. The minimum Gasteiger partial charge on any atom is -0.456 e. The molecule has 1 spiro atoms. The lowest BCUT2D eigenvalue weighted by atomic mass is 9.68. The van der Waals surface area contributed by atoms with Gasteiger partial charge in [-0.15, -0.1) is 11.8 Å². The van der Waals surface area contributed by atoms with Crippen LogP contribution in [0.25, 0.3) is 0 Å². The number of ketones is 1. The van der Waals surface area contributed by atoms with Crippen molar-refractivity contribution in [3.8, 4) is 11.5 Å². The first kappa shape index (κ1) is 18.2. The van der Waals surface area contributed by atoms with E-state index in [0.717, 1.165) is 42.1 Å². The summed E-state index contributed by atoms with van der Waals surface area (Å²) < 4.78 is 6.21. The average molecular weight is 408 g/mol. The highest BCUT2D eigenvalue weighted by Gasteiger charge is 2.47. The molecule has 0 N–H and O–H groups in total. The summed E-state index contributed by atoms with van der Waals surface area (Å²) >= 11 is 14.1. The fourth-order valence-electron chi connectivity index (χ4n) is 3.90. The molecule has 0 bridgehead atoms. The third-order valence-electron chi connectivity index (χ3n) is 5.47. The van der Waals surface area contributed by atoms with Gasteiger partial charge in [-0.05, 0) is 57.4 Å². The zero-order valence-electron chi connectivity index (χ0n) is 14.6. The second-order valence-electron chi connectivity index (χ2n) is 6.94. The average Bonchev–Trinajstić information content (AvgIpc) is 2.72. The maximum atomic E-state index is 13.7. The molecule has 2 heterocycles. The fraction of sp³-hybridized carbons (Fsp3) is 0.350. The van der Waals surface area contributed by atoms with Gasteiger partial charge in [-0.3, -0.25) is 4.79 Å². The first-order valence-electron chi connectivity index (χ1n) is 8.53. The van der Waals surface area contributed by atoms with Gasteiger partial charge in [0.15, 0.2) is 5.78 Å². The molecular formula is C20H19Cl2NO2S. The van der Waals surface area contributed by atoms with Crippen molar-refractivity contribution in [2.75, 3.05) is 26.4 Å². The Morgan fingerprint density at radius 2 is 1.77 bits per heavy atom. The zero-order valence-corrected chi connectivity index (χ0v) is 17.0. The van der Waals surface area contributed by atoms with Crippen molar-refractivity contribution >= 4 is 40.7 Å². The van der Waals surface area contributed by atoms with Gasteiger partial charge in [0.05, 0.1) is 21.0 Å². The molecule has 1 saturated heterocycles. The summed E-state index contributed by atoms with van der Waals surface area (Å²) in [5, 5.41) is 0.765. The van der Waals surface area contributed by atoms with E-state index in [9.17, 15) is 4.79 Å². The van der Waals surface area contributed by atoms with Gasteiger partial charge in [-0.1, -0.05) is 29.3 Å². The van der Waals surface area contributed by atoms with E-state index in [1.807, 2.05) is 12.3 Å². The van der Waals surface area contributed by atoms with E-state index in [4.69, 9.17) is 27.9 Å². The van der Waals surface area contributed by atoms with E-state index >= 15 is 0 Å². The number of ether oxygens (including phenoxy) is 1. The number of piperidine rings is 1. The van der Waals surface area contributed by atoms with E-state index in [2.05, 4.69) is 24.1 Å². The Morgan fingerprint density at radius 3 is 2.46 bits per heavy atom. The Hall–Kier alpha value is -1.20.